The van der Waals surface area contributed by atoms with Crippen molar-refractivity contribution in [3.63, 3.8) is 0 Å². The molecule has 0 aromatic heterocycles. The molecular weight excluding hydrogens is 174 g/mol. The lowest BCUT2D eigenvalue weighted by Crippen LogP contribution is -2.38. The number of hydrogen-bond donors (Lipinski definition) is 2. The van der Waals surface area contributed by atoms with E-state index in [0.717, 1.165) is 13.0 Å². The van der Waals surface area contributed by atoms with Gasteiger partial charge in [-0.3, -0.25) is 0 Å². The van der Waals surface area contributed by atoms with E-state index in [0.29, 0.717) is 12.0 Å². The summed E-state index contributed by atoms with van der Waals surface area (Å²) in [7, 11) is 0. The predicted molar refractivity (Wildman–Crippen MR) is 60.3 cm³/mol. The van der Waals surface area contributed by atoms with Crippen LogP contribution in [-0.2, 0) is 0 Å². The monoisotopic (exact) mass is 199 g/mol. The molecule has 0 saturated heterocycles. The van der Waals surface area contributed by atoms with Gasteiger partial charge in [-0.15, -0.1) is 0 Å². The van der Waals surface area contributed by atoms with Crippen LogP contribution < -0.4 is 5.32 Å². The Labute approximate surface area is 88.1 Å². The highest BCUT2D eigenvalue weighted by atomic mass is 16.3. The van der Waals surface area contributed by atoms with Gasteiger partial charge in [0.15, 0.2) is 0 Å². The Morgan fingerprint density at radius 2 is 1.86 bits per heavy atom. The van der Waals surface area contributed by atoms with Gasteiger partial charge in [0, 0.05) is 12.6 Å². The predicted octanol–water partition coefficient (Wildman–Crippen LogP) is 2.32. The van der Waals surface area contributed by atoms with Gasteiger partial charge >= 0.3 is 0 Å². The molecule has 84 valence electrons. The van der Waals surface area contributed by atoms with Crippen molar-refractivity contribution in [2.24, 2.45) is 5.92 Å². The van der Waals surface area contributed by atoms with Crippen LogP contribution in [0.4, 0.5) is 0 Å². The van der Waals surface area contributed by atoms with Gasteiger partial charge < -0.3 is 10.4 Å². The molecule has 1 aliphatic carbocycles. The average molecular weight is 199 g/mol. The molecule has 0 bridgehead atoms. The third-order valence-corrected chi connectivity index (χ3v) is 3.52. The zero-order valence-corrected chi connectivity index (χ0v) is 9.63. The van der Waals surface area contributed by atoms with Crippen molar-refractivity contribution >= 4 is 0 Å². The highest BCUT2D eigenvalue weighted by Crippen LogP contribution is 2.23. The zero-order valence-electron chi connectivity index (χ0n) is 9.63. The van der Waals surface area contributed by atoms with Crippen molar-refractivity contribution in [1.29, 1.82) is 0 Å². The van der Waals surface area contributed by atoms with Gasteiger partial charge in [0.05, 0.1) is 6.10 Å². The highest BCUT2D eigenvalue weighted by Gasteiger charge is 2.22. The first-order chi connectivity index (χ1) is 6.77. The van der Waals surface area contributed by atoms with Crippen LogP contribution >= 0.6 is 0 Å². The normalized spacial score (nSPS) is 28.3. The number of aliphatic hydroxyl groups is 1. The smallest absolute Gasteiger partial charge is 0.0580 e. The van der Waals surface area contributed by atoms with Crippen molar-refractivity contribution in [1.82, 2.24) is 5.32 Å². The Balaban J connectivity index is 2.21. The van der Waals surface area contributed by atoms with Crippen molar-refractivity contribution in [3.05, 3.63) is 0 Å². The molecule has 1 saturated carbocycles. The topological polar surface area (TPSA) is 32.3 Å². The lowest BCUT2D eigenvalue weighted by molar-refractivity contribution is 0.0679. The van der Waals surface area contributed by atoms with Crippen LogP contribution in [0.25, 0.3) is 0 Å². The quantitative estimate of drug-likeness (QED) is 0.712. The number of rotatable bonds is 5. The van der Waals surface area contributed by atoms with E-state index in [9.17, 15) is 5.11 Å². The molecule has 2 N–H and O–H groups in total. The Morgan fingerprint density at radius 1 is 1.21 bits per heavy atom. The van der Waals surface area contributed by atoms with E-state index < -0.39 is 0 Å². The fourth-order valence-electron chi connectivity index (χ4n) is 2.32. The van der Waals surface area contributed by atoms with Gasteiger partial charge in [-0.2, -0.15) is 0 Å². The summed E-state index contributed by atoms with van der Waals surface area (Å²) in [4.78, 5) is 0. The molecule has 2 atom stereocenters. The van der Waals surface area contributed by atoms with E-state index in [1.165, 1.54) is 32.1 Å². The molecule has 1 aliphatic rings. The molecule has 0 amide bonds. The first kappa shape index (κ1) is 12.0. The van der Waals surface area contributed by atoms with Crippen LogP contribution in [0.15, 0.2) is 0 Å². The summed E-state index contributed by atoms with van der Waals surface area (Å²) in [6.07, 6.45) is 7.06. The van der Waals surface area contributed by atoms with Crippen LogP contribution in [0, 0.1) is 5.92 Å². The maximum absolute atomic E-state index is 9.79. The molecule has 14 heavy (non-hydrogen) atoms. The first-order valence-corrected chi connectivity index (χ1v) is 6.19. The minimum Gasteiger partial charge on any atom is -0.393 e. The Morgan fingerprint density at radius 3 is 2.43 bits per heavy atom. The molecule has 1 rings (SSSR count). The molecule has 0 heterocycles. The number of aliphatic hydroxyl groups excluding tert-OH is 1. The first-order valence-electron chi connectivity index (χ1n) is 6.19. The van der Waals surface area contributed by atoms with Crippen molar-refractivity contribution < 1.29 is 5.11 Å². The van der Waals surface area contributed by atoms with E-state index >= 15 is 0 Å². The van der Waals surface area contributed by atoms with Gasteiger partial charge in [-0.05, 0) is 31.6 Å². The fraction of sp³-hybridized carbons (Fsp3) is 1.00. The van der Waals surface area contributed by atoms with Crippen molar-refractivity contribution in [2.75, 3.05) is 6.54 Å². The number of hydrogen-bond acceptors (Lipinski definition) is 2. The van der Waals surface area contributed by atoms with Crippen LogP contribution in [0.5, 0.6) is 0 Å². The van der Waals surface area contributed by atoms with Gasteiger partial charge in [0.25, 0.3) is 0 Å². The van der Waals surface area contributed by atoms with E-state index in [-0.39, 0.29) is 6.10 Å². The standard InChI is InChI=1S/C12H25NO/c1-3-11(4-2)13-9-10-7-5-6-8-12(10)14/h10-14H,3-9H2,1-2H3. The summed E-state index contributed by atoms with van der Waals surface area (Å²) in [6.45, 7) is 5.45. The Bertz CT molecular complexity index is 145. The SMILES string of the molecule is CCC(CC)NCC1CCCCC1O. The molecular formula is C12H25NO. The van der Waals surface area contributed by atoms with Gasteiger partial charge in [-0.25, -0.2) is 0 Å². The summed E-state index contributed by atoms with van der Waals surface area (Å²) < 4.78 is 0. The molecule has 0 spiro atoms. The third kappa shape index (κ3) is 3.58. The molecule has 0 radical (unpaired) electrons. The average Bonchev–Trinajstić information content (AvgIpc) is 2.22. The molecule has 2 heteroatoms. The second-order valence-corrected chi connectivity index (χ2v) is 4.53. The van der Waals surface area contributed by atoms with Crippen LogP contribution in [-0.4, -0.2) is 23.8 Å². The summed E-state index contributed by atoms with van der Waals surface area (Å²) >= 11 is 0. The molecule has 2 nitrogen and oxygen atoms in total. The van der Waals surface area contributed by atoms with Crippen molar-refractivity contribution in [3.8, 4) is 0 Å². The lowest BCUT2D eigenvalue weighted by atomic mass is 9.86. The number of nitrogens with one attached hydrogen (secondary N) is 1. The Hall–Kier alpha value is -0.0800. The summed E-state index contributed by atoms with van der Waals surface area (Å²) in [6, 6.07) is 0.643. The largest absolute Gasteiger partial charge is 0.393 e. The minimum absolute atomic E-state index is 0.0504. The van der Waals surface area contributed by atoms with Crippen LogP contribution in [0.1, 0.15) is 52.4 Å². The third-order valence-electron chi connectivity index (χ3n) is 3.52. The van der Waals surface area contributed by atoms with Gasteiger partial charge in [-0.1, -0.05) is 26.7 Å². The maximum atomic E-state index is 9.79. The maximum Gasteiger partial charge on any atom is 0.0580 e. The van der Waals surface area contributed by atoms with E-state index in [1.54, 1.807) is 0 Å². The fourth-order valence-corrected chi connectivity index (χ4v) is 2.32. The summed E-state index contributed by atoms with van der Waals surface area (Å²) in [5.74, 6) is 0.504. The second-order valence-electron chi connectivity index (χ2n) is 4.53. The minimum atomic E-state index is -0.0504. The van der Waals surface area contributed by atoms with E-state index in [2.05, 4.69) is 19.2 Å². The van der Waals surface area contributed by atoms with E-state index in [4.69, 9.17) is 0 Å². The summed E-state index contributed by atoms with van der Waals surface area (Å²) in [5.41, 5.74) is 0. The van der Waals surface area contributed by atoms with Crippen molar-refractivity contribution in [2.45, 2.75) is 64.5 Å². The van der Waals surface area contributed by atoms with E-state index in [1.807, 2.05) is 0 Å². The highest BCUT2D eigenvalue weighted by molar-refractivity contribution is 4.77. The van der Waals surface area contributed by atoms with Gasteiger partial charge in [0.1, 0.15) is 0 Å². The van der Waals surface area contributed by atoms with Gasteiger partial charge in [0.2, 0.25) is 0 Å². The summed E-state index contributed by atoms with van der Waals surface area (Å²) in [5, 5.41) is 13.3. The molecule has 0 aromatic rings. The zero-order chi connectivity index (χ0) is 10.4. The second kappa shape index (κ2) is 6.41. The molecule has 0 aromatic carbocycles. The lowest BCUT2D eigenvalue weighted by Gasteiger charge is -2.29. The molecule has 0 aliphatic heterocycles. The molecule has 2 unspecified atom stereocenters. The van der Waals surface area contributed by atoms with Crippen LogP contribution in [0.2, 0.25) is 0 Å². The molecule has 1 fully saturated rings. The Kier molecular flexibility index (Phi) is 5.49. The van der Waals surface area contributed by atoms with Crippen LogP contribution in [0.3, 0.4) is 0 Å².